The van der Waals surface area contributed by atoms with E-state index in [1.807, 2.05) is 42.5 Å². The van der Waals surface area contributed by atoms with Crippen LogP contribution in [0.2, 0.25) is 0 Å². The zero-order chi connectivity index (χ0) is 22.0. The molecule has 1 amide bonds. The monoisotopic (exact) mass is 437 g/mol. The number of nitrogens with zero attached hydrogens (tertiary/aromatic N) is 2. The number of likely N-dealkylation sites (N-methyl/N-ethyl adjacent to an activating group) is 1. The summed E-state index contributed by atoms with van der Waals surface area (Å²) in [5.41, 5.74) is 3.97. The minimum absolute atomic E-state index is 0.0367. The van der Waals surface area contributed by atoms with Crippen LogP contribution in [-0.2, 0) is 0 Å². The zero-order valence-corrected chi connectivity index (χ0v) is 19.0. The van der Waals surface area contributed by atoms with E-state index in [1.54, 1.807) is 11.3 Å². The third-order valence-electron chi connectivity index (χ3n) is 6.06. The van der Waals surface area contributed by atoms with Gasteiger partial charge in [0.25, 0.3) is 5.91 Å². The van der Waals surface area contributed by atoms with Gasteiger partial charge in [0, 0.05) is 42.2 Å². The maximum atomic E-state index is 13.7. The molecule has 31 heavy (non-hydrogen) atoms. The van der Waals surface area contributed by atoms with Crippen LogP contribution < -0.4 is 5.32 Å². The topological polar surface area (TPSA) is 35.6 Å². The number of aryl methyl sites for hydroxylation is 1. The molecular formula is C25H28FN3OS. The highest BCUT2D eigenvalue weighted by molar-refractivity contribution is 7.16. The van der Waals surface area contributed by atoms with E-state index in [2.05, 4.69) is 36.0 Å². The number of carbonyl (C=O) groups is 1. The Hall–Kier alpha value is -2.54. The van der Waals surface area contributed by atoms with E-state index in [0.29, 0.717) is 5.56 Å². The minimum Gasteiger partial charge on any atom is -0.313 e. The molecule has 1 saturated heterocycles. The maximum Gasteiger partial charge on any atom is 0.256 e. The second-order valence-electron chi connectivity index (χ2n) is 8.14. The van der Waals surface area contributed by atoms with Crippen LogP contribution in [0, 0.1) is 19.7 Å². The SMILES string of the molecule is Cc1sc(NC(=O)c2ccccc2)c([C@H](c2ccc(F)cc2)N2CCN(C)CC2)c1C. The van der Waals surface area contributed by atoms with Gasteiger partial charge in [-0.3, -0.25) is 9.69 Å². The Bertz CT molecular complexity index is 1040. The molecule has 1 aromatic heterocycles. The Balaban J connectivity index is 1.75. The Morgan fingerprint density at radius 1 is 1.00 bits per heavy atom. The molecule has 4 rings (SSSR count). The summed E-state index contributed by atoms with van der Waals surface area (Å²) in [7, 11) is 2.13. The van der Waals surface area contributed by atoms with Crippen LogP contribution >= 0.6 is 11.3 Å². The number of hydrogen-bond donors (Lipinski definition) is 1. The van der Waals surface area contributed by atoms with Gasteiger partial charge in [-0.1, -0.05) is 30.3 Å². The van der Waals surface area contributed by atoms with E-state index in [1.165, 1.54) is 22.6 Å². The number of rotatable bonds is 5. The number of hydrogen-bond acceptors (Lipinski definition) is 4. The van der Waals surface area contributed by atoms with E-state index >= 15 is 0 Å². The van der Waals surface area contributed by atoms with Gasteiger partial charge in [0.15, 0.2) is 0 Å². The first-order valence-electron chi connectivity index (χ1n) is 10.6. The van der Waals surface area contributed by atoms with Crippen molar-refractivity contribution in [2.24, 2.45) is 0 Å². The van der Waals surface area contributed by atoms with Gasteiger partial charge in [-0.2, -0.15) is 0 Å². The Morgan fingerprint density at radius 3 is 2.29 bits per heavy atom. The lowest BCUT2D eigenvalue weighted by atomic mass is 9.94. The fourth-order valence-electron chi connectivity index (χ4n) is 4.12. The van der Waals surface area contributed by atoms with Crippen molar-refractivity contribution in [1.82, 2.24) is 9.80 Å². The summed E-state index contributed by atoms with van der Waals surface area (Å²) in [5, 5.41) is 4.04. The predicted molar refractivity (Wildman–Crippen MR) is 126 cm³/mol. The largest absolute Gasteiger partial charge is 0.313 e. The van der Waals surface area contributed by atoms with E-state index < -0.39 is 0 Å². The molecule has 2 aromatic carbocycles. The normalized spacial score (nSPS) is 16.3. The fourth-order valence-corrected chi connectivity index (χ4v) is 5.20. The molecular weight excluding hydrogens is 409 g/mol. The van der Waals surface area contributed by atoms with Crippen molar-refractivity contribution in [3.05, 3.63) is 87.5 Å². The average molecular weight is 438 g/mol. The standard InChI is InChI=1S/C25H28FN3OS/c1-17-18(2)31-25(27-24(30)20-7-5-4-6-8-20)22(17)23(19-9-11-21(26)12-10-19)29-15-13-28(3)14-16-29/h4-12,23H,13-16H2,1-3H3,(H,27,30)/t23-/m0/s1. The highest BCUT2D eigenvalue weighted by Gasteiger charge is 2.31. The molecule has 0 radical (unpaired) electrons. The van der Waals surface area contributed by atoms with Gasteiger partial charge in [0.05, 0.1) is 6.04 Å². The van der Waals surface area contributed by atoms with Crippen LogP contribution in [0.1, 0.15) is 38.0 Å². The Kier molecular flexibility index (Phi) is 6.51. The molecule has 1 aliphatic heterocycles. The number of nitrogens with one attached hydrogen (secondary N) is 1. The maximum absolute atomic E-state index is 13.7. The van der Waals surface area contributed by atoms with Crippen molar-refractivity contribution in [3.8, 4) is 0 Å². The summed E-state index contributed by atoms with van der Waals surface area (Å²) >= 11 is 1.61. The van der Waals surface area contributed by atoms with Crippen molar-refractivity contribution < 1.29 is 9.18 Å². The van der Waals surface area contributed by atoms with Gasteiger partial charge in [-0.25, -0.2) is 4.39 Å². The Labute approximate surface area is 187 Å². The number of anilines is 1. The second kappa shape index (κ2) is 9.30. The van der Waals surface area contributed by atoms with Gasteiger partial charge >= 0.3 is 0 Å². The van der Waals surface area contributed by atoms with Gasteiger partial charge in [-0.15, -0.1) is 11.3 Å². The number of halogens is 1. The number of piperazine rings is 1. The smallest absolute Gasteiger partial charge is 0.256 e. The van der Waals surface area contributed by atoms with Crippen LogP contribution in [0.3, 0.4) is 0 Å². The van der Waals surface area contributed by atoms with Gasteiger partial charge < -0.3 is 10.2 Å². The van der Waals surface area contributed by atoms with Crippen molar-refractivity contribution in [1.29, 1.82) is 0 Å². The summed E-state index contributed by atoms with van der Waals surface area (Å²) in [6.07, 6.45) is 0. The molecule has 3 aromatic rings. The van der Waals surface area contributed by atoms with Gasteiger partial charge in [0.2, 0.25) is 0 Å². The van der Waals surface area contributed by atoms with E-state index in [9.17, 15) is 9.18 Å². The lowest BCUT2D eigenvalue weighted by Crippen LogP contribution is -2.46. The summed E-state index contributed by atoms with van der Waals surface area (Å²) < 4.78 is 13.7. The van der Waals surface area contributed by atoms with Crippen LogP contribution in [0.25, 0.3) is 0 Å². The lowest BCUT2D eigenvalue weighted by Gasteiger charge is -2.39. The van der Waals surface area contributed by atoms with Crippen molar-refractivity contribution in [2.75, 3.05) is 38.5 Å². The van der Waals surface area contributed by atoms with Crippen LogP contribution in [0.5, 0.6) is 0 Å². The Morgan fingerprint density at radius 2 is 1.65 bits per heavy atom. The van der Waals surface area contributed by atoms with Gasteiger partial charge in [0.1, 0.15) is 10.8 Å². The molecule has 162 valence electrons. The summed E-state index contributed by atoms with van der Waals surface area (Å²) in [6.45, 7) is 7.99. The molecule has 1 N–H and O–H groups in total. The molecule has 0 unspecified atom stereocenters. The minimum atomic E-state index is -0.239. The molecule has 0 aliphatic carbocycles. The molecule has 0 bridgehead atoms. The number of carbonyl (C=O) groups excluding carboxylic acids is 1. The zero-order valence-electron chi connectivity index (χ0n) is 18.2. The van der Waals surface area contributed by atoms with Crippen molar-refractivity contribution in [2.45, 2.75) is 19.9 Å². The molecule has 0 saturated carbocycles. The third kappa shape index (κ3) is 4.71. The number of benzene rings is 2. The molecule has 6 heteroatoms. The highest BCUT2D eigenvalue weighted by Crippen LogP contribution is 2.42. The molecule has 4 nitrogen and oxygen atoms in total. The predicted octanol–water partition coefficient (Wildman–Crippen LogP) is 5.09. The third-order valence-corrected chi connectivity index (χ3v) is 7.20. The average Bonchev–Trinajstić information content (AvgIpc) is 3.05. The molecule has 0 spiro atoms. The molecule has 1 fully saturated rings. The first-order valence-corrected chi connectivity index (χ1v) is 11.4. The summed E-state index contributed by atoms with van der Waals surface area (Å²) in [4.78, 5) is 18.9. The molecule has 1 atom stereocenters. The number of amides is 1. The van der Waals surface area contributed by atoms with Crippen LogP contribution in [-0.4, -0.2) is 48.9 Å². The van der Waals surface area contributed by atoms with Gasteiger partial charge in [-0.05, 0) is 56.3 Å². The lowest BCUT2D eigenvalue weighted by molar-refractivity contribution is 0.102. The van der Waals surface area contributed by atoms with Crippen molar-refractivity contribution in [3.63, 3.8) is 0 Å². The van der Waals surface area contributed by atoms with E-state index in [0.717, 1.165) is 42.3 Å². The fraction of sp³-hybridized carbons (Fsp3) is 0.320. The number of thiophene rings is 1. The molecule has 2 heterocycles. The van der Waals surface area contributed by atoms with E-state index in [-0.39, 0.29) is 17.8 Å². The van der Waals surface area contributed by atoms with Crippen LogP contribution in [0.15, 0.2) is 54.6 Å². The first kappa shape index (κ1) is 21.7. The van der Waals surface area contributed by atoms with Crippen molar-refractivity contribution >= 4 is 22.2 Å². The summed E-state index contributed by atoms with van der Waals surface area (Å²) in [6, 6.07) is 16.0. The van der Waals surface area contributed by atoms with E-state index in [4.69, 9.17) is 0 Å². The molecule has 1 aliphatic rings. The summed E-state index contributed by atoms with van der Waals surface area (Å²) in [5.74, 6) is -0.351. The second-order valence-corrected chi connectivity index (χ2v) is 9.36. The quantitative estimate of drug-likeness (QED) is 0.604. The van der Waals surface area contributed by atoms with Crippen LogP contribution in [0.4, 0.5) is 9.39 Å². The first-order chi connectivity index (χ1) is 14.9. The highest BCUT2D eigenvalue weighted by atomic mass is 32.1.